The number of amides is 1. The summed E-state index contributed by atoms with van der Waals surface area (Å²) < 4.78 is 29.2. The summed E-state index contributed by atoms with van der Waals surface area (Å²) in [6.07, 6.45) is 1.41. The van der Waals surface area contributed by atoms with Crippen LogP contribution in [0.4, 0.5) is 5.69 Å². The number of sulfonamides is 1. The summed E-state index contributed by atoms with van der Waals surface area (Å²) in [6.45, 7) is 1.17. The number of hydrogen-bond acceptors (Lipinski definition) is 6. The van der Waals surface area contributed by atoms with Crippen LogP contribution in [0.3, 0.4) is 0 Å². The van der Waals surface area contributed by atoms with E-state index in [2.05, 4.69) is 10.3 Å². The molecule has 0 spiro atoms. The number of nitrogens with one attached hydrogen (secondary N) is 1. The van der Waals surface area contributed by atoms with E-state index in [1.54, 1.807) is 20.0 Å². The van der Waals surface area contributed by atoms with E-state index >= 15 is 0 Å². The molecule has 3 aromatic rings. The number of carbonyl (C=O) groups is 1. The SMILES string of the molecule is Cc1ccc(S(=O)(=O)N(C)C)cc1NC(=O)Cn1c(=O)c2c(ncn2C)n(C)c1=O. The molecule has 1 N–H and O–H groups in total. The molecule has 0 aliphatic heterocycles. The van der Waals surface area contributed by atoms with Crippen molar-refractivity contribution in [2.45, 2.75) is 18.4 Å². The number of aryl methyl sites for hydroxylation is 3. The molecule has 0 aliphatic carbocycles. The average molecular weight is 434 g/mol. The topological polar surface area (TPSA) is 128 Å². The summed E-state index contributed by atoms with van der Waals surface area (Å²) in [4.78, 5) is 41.9. The fourth-order valence-electron chi connectivity index (χ4n) is 2.98. The van der Waals surface area contributed by atoms with Crippen LogP contribution in [0.2, 0.25) is 0 Å². The summed E-state index contributed by atoms with van der Waals surface area (Å²) in [7, 11) is 2.21. The zero-order chi connectivity index (χ0) is 22.4. The second kappa shape index (κ2) is 7.54. The minimum absolute atomic E-state index is 0.0118. The van der Waals surface area contributed by atoms with Crippen molar-refractivity contribution in [2.75, 3.05) is 19.4 Å². The van der Waals surface area contributed by atoms with E-state index in [-0.39, 0.29) is 21.7 Å². The predicted molar refractivity (Wildman–Crippen MR) is 111 cm³/mol. The zero-order valence-electron chi connectivity index (χ0n) is 17.2. The van der Waals surface area contributed by atoms with E-state index in [1.165, 1.54) is 48.7 Å². The molecule has 0 saturated carbocycles. The molecule has 2 aromatic heterocycles. The van der Waals surface area contributed by atoms with Gasteiger partial charge in [-0.3, -0.25) is 14.2 Å². The third-order valence-electron chi connectivity index (χ3n) is 4.76. The lowest BCUT2D eigenvalue weighted by Crippen LogP contribution is -2.42. The standard InChI is InChI=1S/C18H22N6O5S/c1-11-6-7-12(30(28,29)21(2)3)8-13(11)20-14(25)9-24-17(26)15-16(19-10-22(15)4)23(5)18(24)27/h6-8,10H,9H2,1-5H3,(H,20,25). The largest absolute Gasteiger partial charge is 0.332 e. The van der Waals surface area contributed by atoms with Crippen molar-refractivity contribution >= 4 is 32.8 Å². The van der Waals surface area contributed by atoms with E-state index in [0.29, 0.717) is 5.56 Å². The molecule has 0 saturated heterocycles. The van der Waals surface area contributed by atoms with Crippen molar-refractivity contribution in [3.05, 3.63) is 50.9 Å². The van der Waals surface area contributed by atoms with E-state index < -0.39 is 33.7 Å². The maximum Gasteiger partial charge on any atom is 0.332 e. The summed E-state index contributed by atoms with van der Waals surface area (Å²) in [5.41, 5.74) is 0.00506. The Morgan fingerprint density at radius 2 is 1.87 bits per heavy atom. The van der Waals surface area contributed by atoms with Gasteiger partial charge in [0.05, 0.1) is 11.2 Å². The van der Waals surface area contributed by atoms with Crippen LogP contribution < -0.4 is 16.6 Å². The third-order valence-corrected chi connectivity index (χ3v) is 6.58. The van der Waals surface area contributed by atoms with Crippen LogP contribution in [-0.2, 0) is 35.5 Å². The monoisotopic (exact) mass is 434 g/mol. The highest BCUT2D eigenvalue weighted by Crippen LogP contribution is 2.22. The lowest BCUT2D eigenvalue weighted by Gasteiger charge is -2.15. The van der Waals surface area contributed by atoms with Gasteiger partial charge in [0.15, 0.2) is 11.2 Å². The highest BCUT2D eigenvalue weighted by molar-refractivity contribution is 7.89. The van der Waals surface area contributed by atoms with E-state index in [9.17, 15) is 22.8 Å². The lowest BCUT2D eigenvalue weighted by molar-refractivity contribution is -0.116. The highest BCUT2D eigenvalue weighted by Gasteiger charge is 2.20. The molecule has 30 heavy (non-hydrogen) atoms. The van der Waals surface area contributed by atoms with Crippen LogP contribution in [0.1, 0.15) is 5.56 Å². The number of hydrogen-bond donors (Lipinski definition) is 1. The molecule has 11 nitrogen and oxygen atoms in total. The molecular formula is C18H22N6O5S. The Kier molecular flexibility index (Phi) is 5.39. The Bertz CT molecular complexity index is 1380. The molecule has 2 heterocycles. The van der Waals surface area contributed by atoms with Gasteiger partial charge in [0.2, 0.25) is 15.9 Å². The fraction of sp³-hybridized carbons (Fsp3) is 0.333. The maximum absolute atomic E-state index is 12.7. The molecule has 12 heteroatoms. The minimum Gasteiger partial charge on any atom is -0.328 e. The molecule has 3 rings (SSSR count). The minimum atomic E-state index is -3.69. The normalized spacial score (nSPS) is 11.9. The molecule has 1 amide bonds. The summed E-state index contributed by atoms with van der Waals surface area (Å²) in [6, 6.07) is 4.35. The fourth-order valence-corrected chi connectivity index (χ4v) is 3.90. The van der Waals surface area contributed by atoms with Crippen molar-refractivity contribution in [3.8, 4) is 0 Å². The second-order valence-corrected chi connectivity index (χ2v) is 9.22. The highest BCUT2D eigenvalue weighted by atomic mass is 32.2. The number of fused-ring (bicyclic) bond motifs is 1. The average Bonchev–Trinajstić information content (AvgIpc) is 3.06. The van der Waals surface area contributed by atoms with Crippen molar-refractivity contribution in [3.63, 3.8) is 0 Å². The van der Waals surface area contributed by atoms with Gasteiger partial charge in [-0.2, -0.15) is 0 Å². The molecule has 0 fully saturated rings. The first-order chi connectivity index (χ1) is 13.9. The van der Waals surface area contributed by atoms with Crippen molar-refractivity contribution in [1.82, 2.24) is 23.0 Å². The van der Waals surface area contributed by atoms with Crippen molar-refractivity contribution in [2.24, 2.45) is 14.1 Å². The van der Waals surface area contributed by atoms with Crippen molar-refractivity contribution in [1.29, 1.82) is 0 Å². The first kappa shape index (κ1) is 21.5. The van der Waals surface area contributed by atoms with Gasteiger partial charge in [0, 0.05) is 33.9 Å². The van der Waals surface area contributed by atoms with Gasteiger partial charge >= 0.3 is 5.69 Å². The Balaban J connectivity index is 1.97. The van der Waals surface area contributed by atoms with Gasteiger partial charge in [-0.05, 0) is 24.6 Å². The Morgan fingerprint density at radius 1 is 1.20 bits per heavy atom. The van der Waals surface area contributed by atoms with E-state index in [1.807, 2.05) is 0 Å². The smallest absolute Gasteiger partial charge is 0.328 e. The Hall–Kier alpha value is -3.25. The molecule has 0 atom stereocenters. The van der Waals surface area contributed by atoms with Crippen molar-refractivity contribution < 1.29 is 13.2 Å². The number of aromatic nitrogens is 4. The van der Waals surface area contributed by atoms with Gasteiger partial charge in [-0.25, -0.2) is 27.1 Å². The summed E-state index contributed by atoms with van der Waals surface area (Å²) >= 11 is 0. The molecule has 1 aromatic carbocycles. The Morgan fingerprint density at radius 3 is 2.50 bits per heavy atom. The number of nitrogens with zero attached hydrogens (tertiary/aromatic N) is 5. The van der Waals surface area contributed by atoms with Crippen LogP contribution in [0, 0.1) is 6.92 Å². The van der Waals surface area contributed by atoms with Gasteiger partial charge in [-0.15, -0.1) is 0 Å². The van der Waals surface area contributed by atoms with Crippen LogP contribution in [0.25, 0.3) is 11.2 Å². The van der Waals surface area contributed by atoms with Gasteiger partial charge in [0.25, 0.3) is 5.56 Å². The van der Waals surface area contributed by atoms with Gasteiger partial charge < -0.3 is 9.88 Å². The Labute approximate surface area is 172 Å². The maximum atomic E-state index is 12.7. The van der Waals surface area contributed by atoms with Crippen LogP contribution in [0.15, 0.2) is 39.0 Å². The molecule has 0 bridgehead atoms. The van der Waals surface area contributed by atoms with Crippen LogP contribution in [0.5, 0.6) is 0 Å². The van der Waals surface area contributed by atoms with Crippen LogP contribution in [-0.4, -0.2) is 51.4 Å². The predicted octanol–water partition coefficient (Wildman–Crippen LogP) is -0.369. The summed E-state index contributed by atoms with van der Waals surface area (Å²) in [5, 5.41) is 2.59. The third kappa shape index (κ3) is 3.55. The molecular weight excluding hydrogens is 412 g/mol. The number of benzene rings is 1. The first-order valence-electron chi connectivity index (χ1n) is 8.89. The number of imidazole rings is 1. The second-order valence-electron chi connectivity index (χ2n) is 7.07. The van der Waals surface area contributed by atoms with E-state index in [0.717, 1.165) is 8.87 Å². The van der Waals surface area contributed by atoms with E-state index in [4.69, 9.17) is 0 Å². The van der Waals surface area contributed by atoms with Crippen LogP contribution >= 0.6 is 0 Å². The lowest BCUT2D eigenvalue weighted by atomic mass is 10.2. The number of rotatable bonds is 5. The molecule has 0 aliphatic rings. The quantitative estimate of drug-likeness (QED) is 0.584. The number of carbonyl (C=O) groups excluding carboxylic acids is 1. The van der Waals surface area contributed by atoms with Gasteiger partial charge in [0.1, 0.15) is 6.54 Å². The first-order valence-corrected chi connectivity index (χ1v) is 10.3. The molecule has 160 valence electrons. The number of anilines is 1. The van der Waals surface area contributed by atoms with Gasteiger partial charge in [-0.1, -0.05) is 6.07 Å². The summed E-state index contributed by atoms with van der Waals surface area (Å²) in [5.74, 6) is -0.641. The molecule has 0 radical (unpaired) electrons. The molecule has 0 unspecified atom stereocenters. The zero-order valence-corrected chi connectivity index (χ0v) is 18.0.